The third kappa shape index (κ3) is 1.47. The molecule has 1 aliphatic rings. The predicted molar refractivity (Wildman–Crippen MR) is 42.6 cm³/mol. The Labute approximate surface area is 71.6 Å². The number of nitrogens with zero attached hydrogens (tertiary/aromatic N) is 1. The highest BCUT2D eigenvalue weighted by molar-refractivity contribution is 8.09. The number of sulfonamides is 1. The number of hydrogen-bond donors (Lipinski definition) is 1. The first-order valence-electron chi connectivity index (χ1n) is 3.38. The van der Waals surface area contributed by atoms with Crippen molar-refractivity contribution in [3.63, 3.8) is 0 Å². The standard InChI is InChI=1S/C4H10N2O4S2/c1-2-3-4-6(11(4,7)8)12(5,9)10/h4H,2-3H2,1H3,(H2,5,9,10). The highest BCUT2D eigenvalue weighted by atomic mass is 32.3. The van der Waals surface area contributed by atoms with Crippen molar-refractivity contribution in [3.05, 3.63) is 0 Å². The van der Waals surface area contributed by atoms with Gasteiger partial charge in [0.1, 0.15) is 0 Å². The van der Waals surface area contributed by atoms with Gasteiger partial charge >= 0.3 is 0 Å². The van der Waals surface area contributed by atoms with Gasteiger partial charge in [0.2, 0.25) is 10.0 Å². The first-order valence-corrected chi connectivity index (χ1v) is 6.38. The summed E-state index contributed by atoms with van der Waals surface area (Å²) < 4.78 is 43.4. The summed E-state index contributed by atoms with van der Waals surface area (Å²) in [6, 6.07) is 0. The highest BCUT2D eigenvalue weighted by Crippen LogP contribution is 2.36. The van der Waals surface area contributed by atoms with Gasteiger partial charge in [-0.2, -0.15) is 8.42 Å². The average molecular weight is 214 g/mol. The van der Waals surface area contributed by atoms with E-state index in [1.165, 1.54) is 0 Å². The van der Waals surface area contributed by atoms with Crippen molar-refractivity contribution in [2.45, 2.75) is 25.1 Å². The van der Waals surface area contributed by atoms with Gasteiger partial charge < -0.3 is 0 Å². The van der Waals surface area contributed by atoms with E-state index in [1.807, 2.05) is 0 Å². The lowest BCUT2D eigenvalue weighted by atomic mass is 10.3. The van der Waals surface area contributed by atoms with Crippen molar-refractivity contribution >= 4 is 20.2 Å². The van der Waals surface area contributed by atoms with Crippen LogP contribution in [0.1, 0.15) is 19.8 Å². The summed E-state index contributed by atoms with van der Waals surface area (Å²) in [5.41, 5.74) is 0. The van der Waals surface area contributed by atoms with Crippen LogP contribution in [0.2, 0.25) is 0 Å². The van der Waals surface area contributed by atoms with E-state index >= 15 is 0 Å². The summed E-state index contributed by atoms with van der Waals surface area (Å²) in [6.07, 6.45) is 0.911. The molecule has 0 aromatic carbocycles. The third-order valence-corrected chi connectivity index (χ3v) is 5.38. The van der Waals surface area contributed by atoms with Crippen molar-refractivity contribution in [3.8, 4) is 0 Å². The van der Waals surface area contributed by atoms with Crippen molar-refractivity contribution in [1.29, 1.82) is 0 Å². The molecule has 2 N–H and O–H groups in total. The third-order valence-electron chi connectivity index (χ3n) is 1.57. The normalized spacial score (nSPS) is 33.2. The minimum Gasteiger partial charge on any atom is -0.215 e. The van der Waals surface area contributed by atoms with E-state index < -0.39 is 25.6 Å². The largest absolute Gasteiger partial charge is 0.291 e. The average Bonchev–Trinajstić information content (AvgIpc) is 2.33. The molecule has 2 atom stereocenters. The summed E-state index contributed by atoms with van der Waals surface area (Å²) in [5.74, 6) is 0. The molecular formula is C4H10N2O4S2. The zero-order valence-corrected chi connectivity index (χ0v) is 8.10. The molecule has 0 saturated carbocycles. The molecule has 1 fully saturated rings. The second-order valence-corrected chi connectivity index (χ2v) is 6.18. The van der Waals surface area contributed by atoms with Gasteiger partial charge in [0.05, 0.1) is 0 Å². The van der Waals surface area contributed by atoms with Gasteiger partial charge in [-0.1, -0.05) is 17.1 Å². The molecule has 1 heterocycles. The van der Waals surface area contributed by atoms with Crippen molar-refractivity contribution in [2.75, 3.05) is 0 Å². The zero-order valence-electron chi connectivity index (χ0n) is 6.47. The second-order valence-electron chi connectivity index (χ2n) is 2.56. The molecule has 2 unspecified atom stereocenters. The monoisotopic (exact) mass is 214 g/mol. The fraction of sp³-hybridized carbons (Fsp3) is 1.00. The minimum atomic E-state index is -4.06. The molecule has 0 aromatic rings. The van der Waals surface area contributed by atoms with E-state index in [0.717, 1.165) is 0 Å². The molecule has 0 radical (unpaired) electrons. The molecule has 72 valence electrons. The van der Waals surface area contributed by atoms with Crippen LogP contribution in [0.3, 0.4) is 0 Å². The van der Waals surface area contributed by atoms with Gasteiger partial charge in [-0.15, -0.1) is 0 Å². The Morgan fingerprint density at radius 1 is 1.50 bits per heavy atom. The molecule has 0 amide bonds. The Hall–Kier alpha value is -0.180. The van der Waals surface area contributed by atoms with E-state index in [-0.39, 0.29) is 0 Å². The number of hydrogen-bond acceptors (Lipinski definition) is 4. The molecule has 1 aliphatic heterocycles. The quantitative estimate of drug-likeness (QED) is 0.607. The van der Waals surface area contributed by atoms with Crippen LogP contribution in [0.15, 0.2) is 0 Å². The van der Waals surface area contributed by atoms with E-state index in [2.05, 4.69) is 5.14 Å². The fourth-order valence-electron chi connectivity index (χ4n) is 1.03. The Morgan fingerprint density at radius 3 is 2.25 bits per heavy atom. The molecule has 0 spiro atoms. The minimum absolute atomic E-state index is 0.304. The van der Waals surface area contributed by atoms with E-state index in [0.29, 0.717) is 16.6 Å². The van der Waals surface area contributed by atoms with Gasteiger partial charge in [0.25, 0.3) is 10.2 Å². The topological polar surface area (TPSA) is 97.3 Å². The first kappa shape index (κ1) is 9.90. The lowest BCUT2D eigenvalue weighted by molar-refractivity contribution is 0.550. The Kier molecular flexibility index (Phi) is 2.19. The molecule has 0 aliphatic carbocycles. The maximum Gasteiger partial charge on any atom is 0.291 e. The molecular weight excluding hydrogens is 204 g/mol. The van der Waals surface area contributed by atoms with E-state index in [4.69, 9.17) is 0 Å². The summed E-state index contributed by atoms with van der Waals surface area (Å²) in [5, 5.41) is 3.74. The molecule has 8 heteroatoms. The van der Waals surface area contributed by atoms with Crippen LogP contribution in [-0.4, -0.2) is 25.9 Å². The van der Waals surface area contributed by atoms with Crippen molar-refractivity contribution < 1.29 is 16.8 Å². The van der Waals surface area contributed by atoms with Crippen molar-refractivity contribution in [2.24, 2.45) is 5.14 Å². The first-order chi connectivity index (χ1) is 5.31. The van der Waals surface area contributed by atoms with Crippen LogP contribution in [0.5, 0.6) is 0 Å². The zero-order chi connectivity index (χ0) is 9.57. The van der Waals surface area contributed by atoms with Gasteiger partial charge in [-0.05, 0) is 6.42 Å². The number of rotatable bonds is 3. The SMILES string of the molecule is CCCC1N(S(N)(=O)=O)S1(=O)=O. The Bertz CT molecular complexity index is 370. The van der Waals surface area contributed by atoms with Crippen LogP contribution in [-0.2, 0) is 20.2 Å². The van der Waals surface area contributed by atoms with Gasteiger partial charge in [0, 0.05) is 0 Å². The predicted octanol–water partition coefficient (Wildman–Crippen LogP) is -1.04. The van der Waals surface area contributed by atoms with Crippen LogP contribution >= 0.6 is 0 Å². The van der Waals surface area contributed by atoms with Gasteiger partial charge in [-0.3, -0.25) is 0 Å². The van der Waals surface area contributed by atoms with E-state index in [1.54, 1.807) is 6.92 Å². The Morgan fingerprint density at radius 2 is 2.00 bits per heavy atom. The lowest BCUT2D eigenvalue weighted by Gasteiger charge is -1.91. The molecule has 12 heavy (non-hydrogen) atoms. The van der Waals surface area contributed by atoms with Crippen LogP contribution in [0.25, 0.3) is 0 Å². The lowest BCUT2D eigenvalue weighted by Crippen LogP contribution is -2.23. The summed E-state index contributed by atoms with van der Waals surface area (Å²) >= 11 is 0. The smallest absolute Gasteiger partial charge is 0.215 e. The van der Waals surface area contributed by atoms with Crippen LogP contribution in [0.4, 0.5) is 0 Å². The van der Waals surface area contributed by atoms with Crippen LogP contribution < -0.4 is 5.14 Å². The fourth-order valence-corrected chi connectivity index (χ4v) is 4.79. The molecule has 0 bridgehead atoms. The summed E-state index contributed by atoms with van der Waals surface area (Å²) in [7, 11) is -7.66. The Balaban J connectivity index is 2.89. The molecule has 1 saturated heterocycles. The molecule has 0 aromatic heterocycles. The summed E-state index contributed by atoms with van der Waals surface area (Å²) in [4.78, 5) is 0. The van der Waals surface area contributed by atoms with Gasteiger partial charge in [0.15, 0.2) is 5.37 Å². The summed E-state index contributed by atoms with van der Waals surface area (Å²) in [6.45, 7) is 1.77. The van der Waals surface area contributed by atoms with Crippen molar-refractivity contribution in [1.82, 2.24) is 3.71 Å². The number of nitrogens with two attached hydrogens (primary N) is 1. The van der Waals surface area contributed by atoms with Crippen LogP contribution in [0, 0.1) is 0 Å². The second kappa shape index (κ2) is 2.66. The maximum absolute atomic E-state index is 10.9. The highest BCUT2D eigenvalue weighted by Gasteiger charge is 2.60. The van der Waals surface area contributed by atoms with E-state index in [9.17, 15) is 16.8 Å². The van der Waals surface area contributed by atoms with Gasteiger partial charge in [-0.25, -0.2) is 13.6 Å². The molecule has 1 rings (SSSR count). The molecule has 6 nitrogen and oxygen atoms in total. The maximum atomic E-state index is 10.9.